The molecule has 3 aromatic rings. The Balaban J connectivity index is 0.00000136. The highest BCUT2D eigenvalue weighted by molar-refractivity contribution is 5.76. The molecule has 1 heteroatoms. The van der Waals surface area contributed by atoms with Crippen molar-refractivity contribution >= 4 is 17.1 Å². The molecule has 0 amide bonds. The summed E-state index contributed by atoms with van der Waals surface area (Å²) in [5, 5.41) is 0. The van der Waals surface area contributed by atoms with Crippen molar-refractivity contribution in [3.63, 3.8) is 0 Å². The molecular weight excluding hydrogens is 338 g/mol. The molecule has 0 N–H and O–H groups in total. The van der Waals surface area contributed by atoms with Crippen LogP contribution in [0.3, 0.4) is 0 Å². The molecule has 148 valence electrons. The molecule has 3 rings (SSSR count). The van der Waals surface area contributed by atoms with Crippen molar-refractivity contribution in [2.24, 2.45) is 5.41 Å². The highest BCUT2D eigenvalue weighted by Crippen LogP contribution is 2.35. The van der Waals surface area contributed by atoms with Crippen LogP contribution in [-0.4, -0.2) is 0 Å². The van der Waals surface area contributed by atoms with Crippen LogP contribution in [0.25, 0.3) is 0 Å². The lowest BCUT2D eigenvalue weighted by molar-refractivity contribution is 0.349. The van der Waals surface area contributed by atoms with Gasteiger partial charge in [0.15, 0.2) is 0 Å². The van der Waals surface area contributed by atoms with E-state index in [0.29, 0.717) is 5.41 Å². The summed E-state index contributed by atoms with van der Waals surface area (Å²) in [5.41, 5.74) is 6.58. The largest absolute Gasteiger partial charge is 0.311 e. The van der Waals surface area contributed by atoms with E-state index in [1.807, 2.05) is 13.8 Å². The highest BCUT2D eigenvalue weighted by Gasteiger charge is 2.16. The molecule has 0 aliphatic carbocycles. The van der Waals surface area contributed by atoms with Gasteiger partial charge < -0.3 is 4.90 Å². The van der Waals surface area contributed by atoms with E-state index in [1.54, 1.807) is 0 Å². The van der Waals surface area contributed by atoms with Crippen molar-refractivity contribution in [3.8, 4) is 0 Å². The third-order valence-electron chi connectivity index (χ3n) is 5.14. The third kappa shape index (κ3) is 5.73. The fraction of sp³-hybridized carbons (Fsp3) is 0.333. The van der Waals surface area contributed by atoms with Gasteiger partial charge in [-0.3, -0.25) is 0 Å². The van der Waals surface area contributed by atoms with Gasteiger partial charge in [0.25, 0.3) is 0 Å². The van der Waals surface area contributed by atoms with E-state index >= 15 is 0 Å². The van der Waals surface area contributed by atoms with E-state index in [1.165, 1.54) is 34.6 Å². The summed E-state index contributed by atoms with van der Waals surface area (Å²) in [7, 11) is 0. The summed E-state index contributed by atoms with van der Waals surface area (Å²) in [6, 6.07) is 28.3. The Morgan fingerprint density at radius 3 is 1.64 bits per heavy atom. The summed E-state index contributed by atoms with van der Waals surface area (Å²) in [4.78, 5) is 2.31. The van der Waals surface area contributed by atoms with Gasteiger partial charge in [0.05, 0.1) is 0 Å². The van der Waals surface area contributed by atoms with E-state index < -0.39 is 0 Å². The lowest BCUT2D eigenvalue weighted by Gasteiger charge is -2.26. The number of benzene rings is 3. The molecule has 0 spiro atoms. The standard InChI is InChI=1S/C25H29N.C2H6/c1-5-25(3,4)19-21-13-17-24(18-14-21)26(22-9-7-6-8-10-22)23-15-11-20(2)12-16-23;1-2/h6-18H,5,19H2,1-4H3;1-2H3. The molecule has 0 aromatic heterocycles. The molecule has 0 bridgehead atoms. The van der Waals surface area contributed by atoms with Crippen LogP contribution in [0.15, 0.2) is 78.9 Å². The van der Waals surface area contributed by atoms with Gasteiger partial charge in [0.2, 0.25) is 0 Å². The minimum absolute atomic E-state index is 0.345. The Kier molecular flexibility index (Phi) is 7.87. The molecule has 28 heavy (non-hydrogen) atoms. The molecule has 0 saturated heterocycles. The Morgan fingerprint density at radius 2 is 1.14 bits per heavy atom. The van der Waals surface area contributed by atoms with Crippen LogP contribution in [0.1, 0.15) is 52.2 Å². The monoisotopic (exact) mass is 373 g/mol. The zero-order valence-corrected chi connectivity index (χ0v) is 18.4. The molecule has 0 atom stereocenters. The van der Waals surface area contributed by atoms with E-state index in [2.05, 4.69) is 111 Å². The van der Waals surface area contributed by atoms with Crippen LogP contribution in [0.2, 0.25) is 0 Å². The van der Waals surface area contributed by atoms with Gasteiger partial charge in [-0.2, -0.15) is 0 Å². The number of aryl methyl sites for hydroxylation is 1. The van der Waals surface area contributed by atoms with E-state index in [0.717, 1.165) is 6.42 Å². The molecular formula is C27H35N. The maximum absolute atomic E-state index is 2.34. The Labute approximate surface area is 172 Å². The first kappa shape index (κ1) is 21.8. The van der Waals surface area contributed by atoms with Crippen LogP contribution in [0.5, 0.6) is 0 Å². The number of rotatable bonds is 6. The molecule has 0 aliphatic heterocycles. The van der Waals surface area contributed by atoms with E-state index in [9.17, 15) is 0 Å². The average molecular weight is 374 g/mol. The van der Waals surface area contributed by atoms with Crippen molar-refractivity contribution in [1.82, 2.24) is 0 Å². The molecule has 0 saturated carbocycles. The lowest BCUT2D eigenvalue weighted by atomic mass is 9.83. The SMILES string of the molecule is CC.CCC(C)(C)Cc1ccc(N(c2ccccc2)c2ccc(C)cc2)cc1. The molecule has 0 unspecified atom stereocenters. The maximum Gasteiger partial charge on any atom is 0.0461 e. The summed E-state index contributed by atoms with van der Waals surface area (Å²) in [6.07, 6.45) is 2.30. The maximum atomic E-state index is 2.34. The summed E-state index contributed by atoms with van der Waals surface area (Å²) < 4.78 is 0. The minimum Gasteiger partial charge on any atom is -0.311 e. The molecule has 0 aliphatic rings. The minimum atomic E-state index is 0.345. The van der Waals surface area contributed by atoms with Crippen LogP contribution < -0.4 is 4.90 Å². The number of hydrogen-bond acceptors (Lipinski definition) is 1. The topological polar surface area (TPSA) is 3.24 Å². The van der Waals surface area contributed by atoms with Gasteiger partial charge in [-0.25, -0.2) is 0 Å². The molecule has 1 nitrogen and oxygen atoms in total. The third-order valence-corrected chi connectivity index (χ3v) is 5.14. The van der Waals surface area contributed by atoms with Gasteiger partial charge in [-0.15, -0.1) is 0 Å². The van der Waals surface area contributed by atoms with Gasteiger partial charge in [0.1, 0.15) is 0 Å². The molecule has 0 heterocycles. The second-order valence-corrected chi connectivity index (χ2v) is 7.87. The predicted molar refractivity (Wildman–Crippen MR) is 125 cm³/mol. The average Bonchev–Trinajstić information content (AvgIpc) is 2.73. The summed E-state index contributed by atoms with van der Waals surface area (Å²) >= 11 is 0. The van der Waals surface area contributed by atoms with Crippen molar-refractivity contribution in [2.75, 3.05) is 4.90 Å². The second kappa shape index (κ2) is 10.1. The normalized spacial score (nSPS) is 10.8. The Hall–Kier alpha value is -2.54. The van der Waals surface area contributed by atoms with Crippen LogP contribution in [-0.2, 0) is 6.42 Å². The fourth-order valence-electron chi connectivity index (χ4n) is 3.16. The predicted octanol–water partition coefficient (Wildman–Crippen LogP) is 8.47. The highest BCUT2D eigenvalue weighted by atomic mass is 15.1. The quantitative estimate of drug-likeness (QED) is 0.419. The summed E-state index contributed by atoms with van der Waals surface area (Å²) in [6.45, 7) is 13.1. The Morgan fingerprint density at radius 1 is 0.679 bits per heavy atom. The molecule has 0 radical (unpaired) electrons. The fourth-order valence-corrected chi connectivity index (χ4v) is 3.16. The second-order valence-electron chi connectivity index (χ2n) is 7.87. The van der Waals surface area contributed by atoms with Gasteiger partial charge in [-0.05, 0) is 60.7 Å². The van der Waals surface area contributed by atoms with Crippen LogP contribution in [0, 0.1) is 12.3 Å². The van der Waals surface area contributed by atoms with Gasteiger partial charge in [0, 0.05) is 17.1 Å². The lowest BCUT2D eigenvalue weighted by Crippen LogP contribution is -2.14. The van der Waals surface area contributed by atoms with E-state index in [4.69, 9.17) is 0 Å². The van der Waals surface area contributed by atoms with Gasteiger partial charge in [-0.1, -0.05) is 89.1 Å². The number of anilines is 3. The van der Waals surface area contributed by atoms with Crippen molar-refractivity contribution in [1.29, 1.82) is 0 Å². The smallest absolute Gasteiger partial charge is 0.0461 e. The first-order valence-corrected chi connectivity index (χ1v) is 10.5. The van der Waals surface area contributed by atoms with E-state index in [-0.39, 0.29) is 0 Å². The van der Waals surface area contributed by atoms with Crippen molar-refractivity contribution in [2.45, 2.75) is 54.4 Å². The Bertz CT molecular complexity index is 814. The van der Waals surface area contributed by atoms with Crippen molar-refractivity contribution < 1.29 is 0 Å². The van der Waals surface area contributed by atoms with Crippen LogP contribution >= 0.6 is 0 Å². The first-order chi connectivity index (χ1) is 13.5. The molecule has 0 fully saturated rings. The van der Waals surface area contributed by atoms with Crippen LogP contribution in [0.4, 0.5) is 17.1 Å². The zero-order chi connectivity index (χ0) is 20.6. The zero-order valence-electron chi connectivity index (χ0n) is 18.4. The number of hydrogen-bond donors (Lipinski definition) is 0. The van der Waals surface area contributed by atoms with Crippen molar-refractivity contribution in [3.05, 3.63) is 90.0 Å². The van der Waals surface area contributed by atoms with Gasteiger partial charge >= 0.3 is 0 Å². The number of nitrogens with zero attached hydrogens (tertiary/aromatic N) is 1. The molecule has 3 aromatic carbocycles. The number of para-hydroxylation sites is 1. The summed E-state index contributed by atoms with van der Waals surface area (Å²) in [5.74, 6) is 0. The first-order valence-electron chi connectivity index (χ1n) is 10.5.